The van der Waals surface area contributed by atoms with Crippen LogP contribution in [-0.2, 0) is 14.4 Å². The second-order valence-electron chi connectivity index (χ2n) is 5.54. The minimum atomic E-state index is -1.45. The topological polar surface area (TPSA) is 142 Å². The number of rotatable bonds is 9. The van der Waals surface area contributed by atoms with E-state index in [4.69, 9.17) is 10.8 Å². The maximum Gasteiger partial charge on any atom is 0.328 e. The van der Waals surface area contributed by atoms with Crippen LogP contribution in [0.5, 0.6) is 0 Å². The molecule has 0 aromatic carbocycles. The molecule has 4 unspecified atom stereocenters. The number of hydrogen-bond donors (Lipinski definition) is 6. The number of carbonyl (C=O) groups excluding carboxylic acids is 2. The van der Waals surface area contributed by atoms with E-state index >= 15 is 0 Å². The van der Waals surface area contributed by atoms with Gasteiger partial charge in [0, 0.05) is 5.75 Å². The molecule has 4 atom stereocenters. The zero-order valence-corrected chi connectivity index (χ0v) is 13.8. The van der Waals surface area contributed by atoms with Crippen molar-refractivity contribution in [3.8, 4) is 0 Å². The molecule has 2 amide bonds. The highest BCUT2D eigenvalue weighted by atomic mass is 32.1. The van der Waals surface area contributed by atoms with Crippen LogP contribution < -0.4 is 16.4 Å². The minimum absolute atomic E-state index is 0.0816. The summed E-state index contributed by atoms with van der Waals surface area (Å²) in [5.74, 6) is -2.38. The Kier molecular flexibility index (Phi) is 9.07. The normalized spacial score (nSPS) is 16.5. The molecule has 0 aliphatic carbocycles. The van der Waals surface area contributed by atoms with Crippen LogP contribution in [0.2, 0.25) is 0 Å². The molecule has 8 nitrogen and oxygen atoms in total. The summed E-state index contributed by atoms with van der Waals surface area (Å²) in [4.78, 5) is 35.0. The Morgan fingerprint density at radius 2 is 1.68 bits per heavy atom. The monoisotopic (exact) mass is 335 g/mol. The van der Waals surface area contributed by atoms with Crippen LogP contribution in [-0.4, -0.2) is 58.0 Å². The number of aliphatic hydroxyl groups is 1. The van der Waals surface area contributed by atoms with Gasteiger partial charge in [0.15, 0.2) is 6.04 Å². The van der Waals surface area contributed by atoms with Crippen LogP contribution >= 0.6 is 12.6 Å². The first kappa shape index (κ1) is 20.7. The number of aliphatic carboxylic acids is 1. The number of aliphatic hydroxyl groups excluding tert-OH is 1. The van der Waals surface area contributed by atoms with E-state index in [1.807, 2.05) is 13.8 Å². The lowest BCUT2D eigenvalue weighted by Crippen LogP contribution is -2.57. The van der Waals surface area contributed by atoms with Crippen molar-refractivity contribution in [1.82, 2.24) is 10.6 Å². The first-order chi connectivity index (χ1) is 10.1. The molecule has 0 aromatic heterocycles. The number of nitrogens with one attached hydrogen (secondary N) is 2. The molecule has 0 saturated carbocycles. The van der Waals surface area contributed by atoms with Crippen molar-refractivity contribution in [3.05, 3.63) is 0 Å². The molecule has 128 valence electrons. The van der Waals surface area contributed by atoms with Gasteiger partial charge in [-0.15, -0.1) is 0 Å². The Labute approximate surface area is 135 Å². The molecule has 0 saturated heterocycles. The van der Waals surface area contributed by atoms with Gasteiger partial charge in [-0.05, 0) is 19.3 Å². The van der Waals surface area contributed by atoms with Crippen LogP contribution in [0.15, 0.2) is 0 Å². The number of amides is 2. The van der Waals surface area contributed by atoms with E-state index in [0.717, 1.165) is 0 Å². The number of carboxylic acids is 1. The molecule has 0 bridgehead atoms. The van der Waals surface area contributed by atoms with Gasteiger partial charge in [-0.2, -0.15) is 12.6 Å². The lowest BCUT2D eigenvalue weighted by atomic mass is 10.0. The third-order valence-corrected chi connectivity index (χ3v) is 3.31. The summed E-state index contributed by atoms with van der Waals surface area (Å²) in [7, 11) is 0. The van der Waals surface area contributed by atoms with E-state index in [1.54, 1.807) is 0 Å². The van der Waals surface area contributed by atoms with Crippen molar-refractivity contribution in [2.24, 2.45) is 11.7 Å². The van der Waals surface area contributed by atoms with Crippen LogP contribution in [0, 0.1) is 5.92 Å². The molecule has 0 aliphatic rings. The third-order valence-electron chi connectivity index (χ3n) is 2.92. The van der Waals surface area contributed by atoms with Gasteiger partial charge in [0.1, 0.15) is 6.04 Å². The van der Waals surface area contributed by atoms with Gasteiger partial charge >= 0.3 is 5.97 Å². The zero-order chi connectivity index (χ0) is 17.4. The van der Waals surface area contributed by atoms with Gasteiger partial charge in [0.05, 0.1) is 12.1 Å². The Bertz CT molecular complexity index is 403. The smallest absolute Gasteiger partial charge is 0.328 e. The number of carbonyl (C=O) groups is 3. The highest BCUT2D eigenvalue weighted by molar-refractivity contribution is 7.80. The lowest BCUT2D eigenvalue weighted by molar-refractivity contribution is -0.145. The molecular weight excluding hydrogens is 310 g/mol. The number of hydrogen-bond acceptors (Lipinski definition) is 6. The first-order valence-electron chi connectivity index (χ1n) is 6.98. The van der Waals surface area contributed by atoms with E-state index in [9.17, 15) is 19.5 Å². The second-order valence-corrected chi connectivity index (χ2v) is 5.91. The molecule has 22 heavy (non-hydrogen) atoms. The van der Waals surface area contributed by atoms with E-state index in [1.165, 1.54) is 6.92 Å². The van der Waals surface area contributed by atoms with Gasteiger partial charge in [-0.25, -0.2) is 4.79 Å². The summed E-state index contributed by atoms with van der Waals surface area (Å²) >= 11 is 3.91. The summed E-state index contributed by atoms with van der Waals surface area (Å²) < 4.78 is 0. The van der Waals surface area contributed by atoms with Crippen LogP contribution in [0.3, 0.4) is 0 Å². The predicted molar refractivity (Wildman–Crippen MR) is 84.5 cm³/mol. The largest absolute Gasteiger partial charge is 0.480 e. The fourth-order valence-electron chi connectivity index (χ4n) is 1.71. The maximum absolute atomic E-state index is 12.2. The maximum atomic E-state index is 12.2. The van der Waals surface area contributed by atoms with Crippen molar-refractivity contribution in [3.63, 3.8) is 0 Å². The molecule has 0 fully saturated rings. The molecule has 6 N–H and O–H groups in total. The zero-order valence-electron chi connectivity index (χ0n) is 12.9. The molecule has 0 aromatic rings. The van der Waals surface area contributed by atoms with Crippen molar-refractivity contribution in [2.75, 3.05) is 5.75 Å². The predicted octanol–water partition coefficient (Wildman–Crippen LogP) is -1.28. The van der Waals surface area contributed by atoms with Crippen molar-refractivity contribution >= 4 is 30.4 Å². The summed E-state index contributed by atoms with van der Waals surface area (Å²) in [6.07, 6.45) is -0.959. The van der Waals surface area contributed by atoms with Crippen molar-refractivity contribution in [1.29, 1.82) is 0 Å². The van der Waals surface area contributed by atoms with E-state index in [0.29, 0.717) is 6.42 Å². The number of carboxylic acid groups (broad SMARTS) is 1. The molecular formula is C13H25N3O5S. The molecule has 0 radical (unpaired) electrons. The van der Waals surface area contributed by atoms with E-state index in [-0.39, 0.29) is 11.7 Å². The molecule has 0 aliphatic heterocycles. The van der Waals surface area contributed by atoms with Crippen LogP contribution in [0.4, 0.5) is 0 Å². The summed E-state index contributed by atoms with van der Waals surface area (Å²) in [5.41, 5.74) is 5.54. The van der Waals surface area contributed by atoms with Crippen LogP contribution in [0.1, 0.15) is 27.2 Å². The van der Waals surface area contributed by atoms with Crippen molar-refractivity contribution in [2.45, 2.75) is 51.4 Å². The van der Waals surface area contributed by atoms with Crippen LogP contribution in [0.25, 0.3) is 0 Å². The lowest BCUT2D eigenvalue weighted by Gasteiger charge is -2.24. The Balaban J connectivity index is 4.98. The Morgan fingerprint density at radius 1 is 1.14 bits per heavy atom. The summed E-state index contributed by atoms with van der Waals surface area (Å²) in [5, 5.41) is 23.1. The average Bonchev–Trinajstić information content (AvgIpc) is 2.41. The van der Waals surface area contributed by atoms with Gasteiger partial charge < -0.3 is 26.6 Å². The number of thiol groups is 1. The fraction of sp³-hybridized carbons (Fsp3) is 0.769. The molecule has 0 spiro atoms. The average molecular weight is 335 g/mol. The molecule has 0 rings (SSSR count). The summed E-state index contributed by atoms with van der Waals surface area (Å²) in [6, 6.07) is -3.24. The quantitative estimate of drug-likeness (QED) is 0.290. The SMILES string of the molecule is CC(C)CC(NC(=O)C(N)CS)C(=O)NC(C(=O)O)C(C)O. The summed E-state index contributed by atoms with van der Waals surface area (Å²) in [6.45, 7) is 4.97. The third kappa shape index (κ3) is 7.10. The Hall–Kier alpha value is -1.32. The highest BCUT2D eigenvalue weighted by Crippen LogP contribution is 2.06. The first-order valence-corrected chi connectivity index (χ1v) is 7.61. The fourth-order valence-corrected chi connectivity index (χ4v) is 1.87. The number of nitrogens with two attached hydrogens (primary N) is 1. The highest BCUT2D eigenvalue weighted by Gasteiger charge is 2.30. The van der Waals surface area contributed by atoms with Gasteiger partial charge in [0.25, 0.3) is 0 Å². The van der Waals surface area contributed by atoms with Gasteiger partial charge in [-0.3, -0.25) is 9.59 Å². The van der Waals surface area contributed by atoms with Crippen molar-refractivity contribution < 1.29 is 24.6 Å². The van der Waals surface area contributed by atoms with Gasteiger partial charge in [0.2, 0.25) is 11.8 Å². The van der Waals surface area contributed by atoms with E-state index < -0.39 is 42.0 Å². The minimum Gasteiger partial charge on any atom is -0.480 e. The van der Waals surface area contributed by atoms with Gasteiger partial charge in [-0.1, -0.05) is 13.8 Å². The standard InChI is InChI=1S/C13H25N3O5S/c1-6(2)4-9(15-11(18)8(14)5-22)12(19)16-10(7(3)17)13(20)21/h6-10,17,22H,4-5,14H2,1-3H3,(H,15,18)(H,16,19)(H,20,21). The Morgan fingerprint density at radius 3 is 2.05 bits per heavy atom. The second kappa shape index (κ2) is 9.65. The molecule has 0 heterocycles. The molecule has 9 heteroatoms. The van der Waals surface area contributed by atoms with E-state index in [2.05, 4.69) is 23.3 Å².